The van der Waals surface area contributed by atoms with Gasteiger partial charge in [-0.2, -0.15) is 0 Å². The molecule has 1 saturated carbocycles. The molecular formula is C11H17NO4. The Balaban J connectivity index is 2.23. The maximum atomic E-state index is 11.1. The smallest absolute Gasteiger partial charge is 0.407 e. The van der Waals surface area contributed by atoms with Crippen LogP contribution in [0.25, 0.3) is 0 Å². The van der Waals surface area contributed by atoms with E-state index in [1.165, 1.54) is 6.08 Å². The predicted molar refractivity (Wildman–Crippen MR) is 58.0 cm³/mol. The van der Waals surface area contributed by atoms with Crippen LogP contribution < -0.4 is 5.32 Å². The summed E-state index contributed by atoms with van der Waals surface area (Å²) >= 11 is 0. The van der Waals surface area contributed by atoms with Crippen LogP contribution in [0, 0.1) is 11.8 Å². The average molecular weight is 227 g/mol. The van der Waals surface area contributed by atoms with Gasteiger partial charge in [0.15, 0.2) is 0 Å². The van der Waals surface area contributed by atoms with Gasteiger partial charge in [-0.15, -0.1) is 0 Å². The molecule has 0 saturated heterocycles. The maximum Gasteiger partial charge on any atom is 0.407 e. The quantitative estimate of drug-likeness (QED) is 0.644. The molecule has 16 heavy (non-hydrogen) atoms. The molecule has 0 heterocycles. The van der Waals surface area contributed by atoms with Crippen LogP contribution in [0.3, 0.4) is 0 Å². The molecule has 0 aromatic rings. The van der Waals surface area contributed by atoms with Crippen molar-refractivity contribution < 1.29 is 19.4 Å². The first-order chi connectivity index (χ1) is 7.63. The molecule has 0 aliphatic heterocycles. The molecule has 1 aliphatic rings. The number of hydrogen-bond donors (Lipinski definition) is 2. The van der Waals surface area contributed by atoms with Gasteiger partial charge in [0, 0.05) is 6.54 Å². The van der Waals surface area contributed by atoms with Crippen LogP contribution >= 0.6 is 0 Å². The number of carboxylic acid groups (broad SMARTS) is 1. The summed E-state index contributed by atoms with van der Waals surface area (Å²) in [7, 11) is 0. The third kappa shape index (κ3) is 4.82. The Bertz CT molecular complexity index is 273. The number of carbonyl (C=O) groups is 2. The van der Waals surface area contributed by atoms with E-state index in [9.17, 15) is 9.59 Å². The second kappa shape index (κ2) is 6.15. The molecule has 0 aromatic carbocycles. The molecule has 1 unspecified atom stereocenters. The van der Waals surface area contributed by atoms with Gasteiger partial charge in [-0.3, -0.25) is 4.79 Å². The number of rotatable bonds is 7. The first-order valence-electron chi connectivity index (χ1n) is 5.36. The summed E-state index contributed by atoms with van der Waals surface area (Å²) in [6, 6.07) is 0. The third-order valence-corrected chi connectivity index (χ3v) is 2.57. The van der Waals surface area contributed by atoms with Crippen LogP contribution in [0.15, 0.2) is 12.7 Å². The second-order valence-corrected chi connectivity index (χ2v) is 3.96. The SMILES string of the molecule is C=CCOC(=O)NCC(CC(=O)O)C1CC1. The van der Waals surface area contributed by atoms with Gasteiger partial charge in [0.05, 0.1) is 6.42 Å². The zero-order valence-electron chi connectivity index (χ0n) is 9.15. The zero-order valence-corrected chi connectivity index (χ0v) is 9.15. The van der Waals surface area contributed by atoms with Crippen molar-refractivity contribution >= 4 is 12.1 Å². The van der Waals surface area contributed by atoms with Gasteiger partial charge in [-0.05, 0) is 24.7 Å². The number of carboxylic acids is 1. The van der Waals surface area contributed by atoms with E-state index in [1.54, 1.807) is 0 Å². The lowest BCUT2D eigenvalue weighted by Crippen LogP contribution is -2.31. The van der Waals surface area contributed by atoms with Crippen molar-refractivity contribution in [2.45, 2.75) is 19.3 Å². The highest BCUT2D eigenvalue weighted by Gasteiger charge is 2.32. The van der Waals surface area contributed by atoms with E-state index in [1.807, 2.05) is 0 Å². The molecule has 5 nitrogen and oxygen atoms in total. The molecule has 2 N–H and O–H groups in total. The number of ether oxygens (including phenoxy) is 1. The maximum absolute atomic E-state index is 11.1. The first kappa shape index (κ1) is 12.5. The predicted octanol–water partition coefficient (Wildman–Crippen LogP) is 1.40. The monoisotopic (exact) mass is 227 g/mol. The molecule has 0 radical (unpaired) electrons. The van der Waals surface area contributed by atoms with Gasteiger partial charge in [-0.25, -0.2) is 4.79 Å². The third-order valence-electron chi connectivity index (χ3n) is 2.57. The van der Waals surface area contributed by atoms with Crippen LogP contribution in [0.4, 0.5) is 4.79 Å². The Morgan fingerprint density at radius 2 is 2.25 bits per heavy atom. The zero-order chi connectivity index (χ0) is 12.0. The number of carbonyl (C=O) groups excluding carboxylic acids is 1. The Morgan fingerprint density at radius 1 is 1.56 bits per heavy atom. The lowest BCUT2D eigenvalue weighted by atomic mass is 10.00. The molecule has 90 valence electrons. The summed E-state index contributed by atoms with van der Waals surface area (Å²) in [6.07, 6.45) is 3.18. The van der Waals surface area contributed by atoms with Gasteiger partial charge in [0.1, 0.15) is 6.61 Å². The molecule has 0 aromatic heterocycles. The molecule has 0 bridgehead atoms. The van der Waals surface area contributed by atoms with Crippen molar-refractivity contribution in [3.05, 3.63) is 12.7 Å². The average Bonchev–Trinajstić information content (AvgIpc) is 3.04. The number of hydrogen-bond acceptors (Lipinski definition) is 3. The topological polar surface area (TPSA) is 75.6 Å². The molecule has 1 amide bonds. The molecule has 1 fully saturated rings. The summed E-state index contributed by atoms with van der Waals surface area (Å²) in [5.74, 6) is -0.359. The van der Waals surface area contributed by atoms with E-state index in [-0.39, 0.29) is 18.9 Å². The fraction of sp³-hybridized carbons (Fsp3) is 0.636. The van der Waals surface area contributed by atoms with Crippen molar-refractivity contribution in [3.8, 4) is 0 Å². The molecule has 1 atom stereocenters. The minimum atomic E-state index is -0.821. The highest BCUT2D eigenvalue weighted by Crippen LogP contribution is 2.38. The molecule has 1 rings (SSSR count). The Labute approximate surface area is 94.5 Å². The Kier molecular flexibility index (Phi) is 4.82. The van der Waals surface area contributed by atoms with Crippen LogP contribution in [-0.4, -0.2) is 30.3 Å². The summed E-state index contributed by atoms with van der Waals surface area (Å²) in [4.78, 5) is 21.7. The molecule has 0 spiro atoms. The first-order valence-corrected chi connectivity index (χ1v) is 5.36. The van der Waals surface area contributed by atoms with E-state index in [4.69, 9.17) is 9.84 Å². The van der Waals surface area contributed by atoms with E-state index in [2.05, 4.69) is 11.9 Å². The fourth-order valence-electron chi connectivity index (χ4n) is 1.60. The van der Waals surface area contributed by atoms with E-state index < -0.39 is 12.1 Å². The minimum absolute atomic E-state index is 0.0220. The van der Waals surface area contributed by atoms with E-state index >= 15 is 0 Å². The molecular weight excluding hydrogens is 210 g/mol. The highest BCUT2D eigenvalue weighted by atomic mass is 16.5. The van der Waals surface area contributed by atoms with Crippen molar-refractivity contribution in [1.82, 2.24) is 5.32 Å². The minimum Gasteiger partial charge on any atom is -0.481 e. The van der Waals surface area contributed by atoms with Crippen LogP contribution in [-0.2, 0) is 9.53 Å². The Morgan fingerprint density at radius 3 is 2.75 bits per heavy atom. The summed E-state index contributed by atoms with van der Waals surface area (Å²) in [6.45, 7) is 3.96. The molecule has 1 aliphatic carbocycles. The number of amides is 1. The van der Waals surface area contributed by atoms with Crippen molar-refractivity contribution in [2.75, 3.05) is 13.2 Å². The van der Waals surface area contributed by atoms with Gasteiger partial charge in [-0.1, -0.05) is 12.7 Å². The lowest BCUT2D eigenvalue weighted by molar-refractivity contribution is -0.138. The van der Waals surface area contributed by atoms with Crippen molar-refractivity contribution in [3.63, 3.8) is 0 Å². The second-order valence-electron chi connectivity index (χ2n) is 3.96. The van der Waals surface area contributed by atoms with Crippen LogP contribution in [0.2, 0.25) is 0 Å². The highest BCUT2D eigenvalue weighted by molar-refractivity contribution is 5.68. The van der Waals surface area contributed by atoms with Gasteiger partial charge in [0.25, 0.3) is 0 Å². The van der Waals surface area contributed by atoms with Crippen molar-refractivity contribution in [1.29, 1.82) is 0 Å². The lowest BCUT2D eigenvalue weighted by Gasteiger charge is -2.14. The number of aliphatic carboxylic acids is 1. The summed E-state index contributed by atoms with van der Waals surface area (Å²) in [5.41, 5.74) is 0. The summed E-state index contributed by atoms with van der Waals surface area (Å²) < 4.78 is 4.73. The van der Waals surface area contributed by atoms with E-state index in [0.29, 0.717) is 12.5 Å². The van der Waals surface area contributed by atoms with E-state index in [0.717, 1.165) is 12.8 Å². The molecule has 5 heteroatoms. The Hall–Kier alpha value is -1.52. The normalized spacial score (nSPS) is 16.2. The van der Waals surface area contributed by atoms with Gasteiger partial charge < -0.3 is 15.2 Å². The van der Waals surface area contributed by atoms with Crippen LogP contribution in [0.1, 0.15) is 19.3 Å². The largest absolute Gasteiger partial charge is 0.481 e. The van der Waals surface area contributed by atoms with Crippen LogP contribution in [0.5, 0.6) is 0 Å². The van der Waals surface area contributed by atoms with Crippen molar-refractivity contribution in [2.24, 2.45) is 11.8 Å². The van der Waals surface area contributed by atoms with Gasteiger partial charge >= 0.3 is 12.1 Å². The number of alkyl carbamates (subject to hydrolysis) is 1. The fourth-order valence-corrected chi connectivity index (χ4v) is 1.60. The standard InChI is InChI=1S/C11H17NO4/c1-2-5-16-11(15)12-7-9(6-10(13)14)8-3-4-8/h2,8-9H,1,3-7H2,(H,12,15)(H,13,14). The van der Waals surface area contributed by atoms with Gasteiger partial charge in [0.2, 0.25) is 0 Å². The number of nitrogens with one attached hydrogen (secondary N) is 1. The summed E-state index contributed by atoms with van der Waals surface area (Å²) in [5, 5.41) is 11.3.